The average Bonchev–Trinajstić information content (AvgIpc) is 2.79. The molecule has 120 valence electrons. The van der Waals surface area contributed by atoms with Crippen LogP contribution < -0.4 is 5.73 Å². The highest BCUT2D eigenvalue weighted by Crippen LogP contribution is 2.46. The second kappa shape index (κ2) is 6.69. The fourth-order valence-electron chi connectivity index (χ4n) is 3.29. The summed E-state index contributed by atoms with van der Waals surface area (Å²) < 4.78 is 42.2. The van der Waals surface area contributed by atoms with Gasteiger partial charge in [-0.25, -0.2) is 0 Å². The van der Waals surface area contributed by atoms with Crippen molar-refractivity contribution in [3.8, 4) is 0 Å². The van der Waals surface area contributed by atoms with Crippen molar-refractivity contribution in [3.05, 3.63) is 16.4 Å². The minimum atomic E-state index is -4.18. The zero-order chi connectivity index (χ0) is 15.6. The van der Waals surface area contributed by atoms with Crippen molar-refractivity contribution in [3.63, 3.8) is 0 Å². The van der Waals surface area contributed by atoms with Crippen LogP contribution in [0.3, 0.4) is 0 Å². The molecule has 0 radical (unpaired) electrons. The van der Waals surface area contributed by atoms with E-state index in [1.807, 2.05) is 6.92 Å². The van der Waals surface area contributed by atoms with Crippen LogP contribution in [0.5, 0.6) is 0 Å². The fourth-order valence-corrected chi connectivity index (χ4v) is 3.85. The Morgan fingerprint density at radius 2 is 2.10 bits per heavy atom. The standard InChI is InChI=1S/C14H21BrF3N3/c1-2-7-21-13(11(15)8-20-21)12(19)9-5-3-4-6-10(9)14(16,17)18/h8-10,12H,2-7,19H2,1H3. The highest BCUT2D eigenvalue weighted by atomic mass is 79.9. The molecule has 0 aliphatic heterocycles. The van der Waals surface area contributed by atoms with Crippen molar-refractivity contribution in [1.29, 1.82) is 0 Å². The van der Waals surface area contributed by atoms with Gasteiger partial charge in [0.2, 0.25) is 0 Å². The molecule has 21 heavy (non-hydrogen) atoms. The number of nitrogens with zero attached hydrogens (tertiary/aromatic N) is 2. The molecule has 3 atom stereocenters. The lowest BCUT2D eigenvalue weighted by Crippen LogP contribution is -2.39. The molecule has 2 rings (SSSR count). The Bertz CT molecular complexity index is 473. The number of hydrogen-bond donors (Lipinski definition) is 1. The molecule has 2 N–H and O–H groups in total. The van der Waals surface area contributed by atoms with E-state index in [2.05, 4.69) is 21.0 Å². The zero-order valence-corrected chi connectivity index (χ0v) is 13.6. The van der Waals surface area contributed by atoms with Crippen LogP contribution in [-0.4, -0.2) is 16.0 Å². The number of nitrogens with two attached hydrogens (primary N) is 1. The summed E-state index contributed by atoms with van der Waals surface area (Å²) in [5, 5.41) is 4.22. The van der Waals surface area contributed by atoms with Crippen LogP contribution in [-0.2, 0) is 6.54 Å². The Kier molecular flexibility index (Phi) is 5.35. The summed E-state index contributed by atoms with van der Waals surface area (Å²) in [6, 6.07) is -0.639. The van der Waals surface area contributed by atoms with E-state index in [0.717, 1.165) is 12.8 Å². The van der Waals surface area contributed by atoms with E-state index < -0.39 is 24.1 Å². The first-order valence-corrected chi connectivity index (χ1v) is 8.19. The summed E-state index contributed by atoms with van der Waals surface area (Å²) in [7, 11) is 0. The van der Waals surface area contributed by atoms with Crippen LogP contribution in [0.2, 0.25) is 0 Å². The molecule has 3 unspecified atom stereocenters. The molecule has 0 aromatic carbocycles. The maximum Gasteiger partial charge on any atom is 0.392 e. The van der Waals surface area contributed by atoms with Gasteiger partial charge in [0.15, 0.2) is 0 Å². The summed E-state index contributed by atoms with van der Waals surface area (Å²) in [6.45, 7) is 2.67. The first kappa shape index (κ1) is 16.8. The first-order valence-electron chi connectivity index (χ1n) is 7.39. The summed E-state index contributed by atoms with van der Waals surface area (Å²) in [5.41, 5.74) is 6.93. The molecule has 0 saturated heterocycles. The van der Waals surface area contributed by atoms with Crippen LogP contribution in [0.25, 0.3) is 0 Å². The molecule has 7 heteroatoms. The Balaban J connectivity index is 2.29. The summed E-state index contributed by atoms with van der Waals surface area (Å²) in [5.74, 6) is -1.87. The molecule has 1 aromatic rings. The maximum atomic E-state index is 13.3. The molecule has 1 saturated carbocycles. The molecule has 3 nitrogen and oxygen atoms in total. The minimum absolute atomic E-state index is 0.182. The largest absolute Gasteiger partial charge is 0.392 e. The molecule has 0 amide bonds. The SMILES string of the molecule is CCCn1ncc(Br)c1C(N)C1CCCCC1C(F)(F)F. The topological polar surface area (TPSA) is 43.8 Å². The maximum absolute atomic E-state index is 13.3. The van der Waals surface area contributed by atoms with Gasteiger partial charge in [0, 0.05) is 6.54 Å². The van der Waals surface area contributed by atoms with Crippen molar-refractivity contribution >= 4 is 15.9 Å². The third kappa shape index (κ3) is 3.62. The van der Waals surface area contributed by atoms with E-state index >= 15 is 0 Å². The van der Waals surface area contributed by atoms with Gasteiger partial charge in [-0.05, 0) is 41.1 Å². The Labute approximate surface area is 131 Å². The van der Waals surface area contributed by atoms with Gasteiger partial charge >= 0.3 is 6.18 Å². The lowest BCUT2D eigenvalue weighted by atomic mass is 9.74. The zero-order valence-electron chi connectivity index (χ0n) is 12.0. The van der Waals surface area contributed by atoms with Crippen LogP contribution in [0, 0.1) is 11.8 Å². The number of hydrogen-bond acceptors (Lipinski definition) is 2. The molecular formula is C14H21BrF3N3. The number of aryl methyl sites for hydroxylation is 1. The molecular weight excluding hydrogens is 347 g/mol. The second-order valence-corrected chi connectivity index (χ2v) is 6.58. The molecule has 0 spiro atoms. The lowest BCUT2D eigenvalue weighted by molar-refractivity contribution is -0.198. The average molecular weight is 368 g/mol. The monoisotopic (exact) mass is 367 g/mol. The Hall–Kier alpha value is -0.560. The van der Waals surface area contributed by atoms with E-state index in [1.165, 1.54) is 0 Å². The predicted octanol–water partition coefficient (Wildman–Crippen LogP) is 4.42. The van der Waals surface area contributed by atoms with Gasteiger partial charge in [0.1, 0.15) is 0 Å². The molecule has 1 heterocycles. The Morgan fingerprint density at radius 3 is 2.71 bits per heavy atom. The van der Waals surface area contributed by atoms with Crippen molar-refractivity contribution in [2.24, 2.45) is 17.6 Å². The van der Waals surface area contributed by atoms with E-state index in [-0.39, 0.29) is 6.42 Å². The van der Waals surface area contributed by atoms with Gasteiger partial charge in [0.05, 0.1) is 28.3 Å². The first-order chi connectivity index (χ1) is 9.86. The lowest BCUT2D eigenvalue weighted by Gasteiger charge is -2.36. The third-order valence-electron chi connectivity index (χ3n) is 4.29. The molecule has 1 aliphatic rings. The van der Waals surface area contributed by atoms with E-state index in [0.29, 0.717) is 29.6 Å². The van der Waals surface area contributed by atoms with E-state index in [1.54, 1.807) is 10.9 Å². The Morgan fingerprint density at radius 1 is 1.43 bits per heavy atom. The van der Waals surface area contributed by atoms with Crippen LogP contribution in [0.1, 0.15) is 50.8 Å². The van der Waals surface area contributed by atoms with Crippen molar-refractivity contribution in [1.82, 2.24) is 9.78 Å². The van der Waals surface area contributed by atoms with Crippen LogP contribution in [0.15, 0.2) is 10.7 Å². The van der Waals surface area contributed by atoms with Gasteiger partial charge in [-0.15, -0.1) is 0 Å². The highest BCUT2D eigenvalue weighted by Gasteiger charge is 2.48. The van der Waals surface area contributed by atoms with Crippen molar-refractivity contribution in [2.75, 3.05) is 0 Å². The number of aromatic nitrogens is 2. The molecule has 1 aromatic heterocycles. The minimum Gasteiger partial charge on any atom is -0.322 e. The smallest absolute Gasteiger partial charge is 0.322 e. The normalized spacial score (nSPS) is 25.0. The molecule has 1 aliphatic carbocycles. The number of alkyl halides is 3. The summed E-state index contributed by atoms with van der Waals surface area (Å²) >= 11 is 3.38. The van der Waals surface area contributed by atoms with Crippen LogP contribution >= 0.6 is 15.9 Å². The van der Waals surface area contributed by atoms with Crippen molar-refractivity contribution in [2.45, 2.75) is 57.8 Å². The van der Waals surface area contributed by atoms with Gasteiger partial charge in [-0.2, -0.15) is 18.3 Å². The van der Waals surface area contributed by atoms with Gasteiger partial charge in [0.25, 0.3) is 0 Å². The predicted molar refractivity (Wildman–Crippen MR) is 78.6 cm³/mol. The van der Waals surface area contributed by atoms with Gasteiger partial charge in [-0.3, -0.25) is 4.68 Å². The van der Waals surface area contributed by atoms with Gasteiger partial charge < -0.3 is 5.73 Å². The summed E-state index contributed by atoms with van der Waals surface area (Å²) in [6.07, 6.45) is 0.450. The molecule has 0 bridgehead atoms. The third-order valence-corrected chi connectivity index (χ3v) is 4.90. The quantitative estimate of drug-likeness (QED) is 0.855. The summed E-state index contributed by atoms with van der Waals surface area (Å²) in [4.78, 5) is 0. The number of halogens is 4. The highest BCUT2D eigenvalue weighted by molar-refractivity contribution is 9.10. The van der Waals surface area contributed by atoms with Gasteiger partial charge in [-0.1, -0.05) is 19.8 Å². The fraction of sp³-hybridized carbons (Fsp3) is 0.786. The molecule has 1 fully saturated rings. The van der Waals surface area contributed by atoms with Crippen LogP contribution in [0.4, 0.5) is 13.2 Å². The van der Waals surface area contributed by atoms with Crippen molar-refractivity contribution < 1.29 is 13.2 Å². The number of rotatable bonds is 4. The second-order valence-electron chi connectivity index (χ2n) is 5.72. The van der Waals surface area contributed by atoms with E-state index in [9.17, 15) is 13.2 Å². The van der Waals surface area contributed by atoms with E-state index in [4.69, 9.17) is 5.73 Å².